The molecule has 0 aliphatic heterocycles. The first-order valence-corrected chi connectivity index (χ1v) is 6.26. The lowest BCUT2D eigenvalue weighted by Gasteiger charge is -2.06. The summed E-state index contributed by atoms with van der Waals surface area (Å²) in [4.78, 5) is 10.3. The molecule has 0 atom stereocenters. The van der Waals surface area contributed by atoms with Crippen molar-refractivity contribution < 1.29 is 19.4 Å². The van der Waals surface area contributed by atoms with Crippen molar-refractivity contribution in [1.82, 2.24) is 0 Å². The molecule has 4 nitrogen and oxygen atoms in total. The van der Waals surface area contributed by atoms with Crippen LogP contribution < -0.4 is 4.74 Å². The molecule has 0 bridgehead atoms. The molecule has 0 fully saturated rings. The first-order valence-electron chi connectivity index (χ1n) is 6.26. The van der Waals surface area contributed by atoms with E-state index in [0.29, 0.717) is 19.8 Å². The molecule has 0 spiro atoms. The predicted octanol–water partition coefficient (Wildman–Crippen LogP) is 2.73. The van der Waals surface area contributed by atoms with Crippen molar-refractivity contribution in [2.45, 2.75) is 25.7 Å². The van der Waals surface area contributed by atoms with Crippen LogP contribution in [0.15, 0.2) is 30.3 Å². The zero-order chi connectivity index (χ0) is 13.1. The van der Waals surface area contributed by atoms with Gasteiger partial charge >= 0.3 is 5.97 Å². The minimum atomic E-state index is -0.729. The van der Waals surface area contributed by atoms with Crippen LogP contribution in [0.25, 0.3) is 0 Å². The number of ether oxygens (including phenoxy) is 2. The van der Waals surface area contributed by atoms with Gasteiger partial charge in [-0.2, -0.15) is 0 Å². The molecule has 0 unspecified atom stereocenters. The lowest BCUT2D eigenvalue weighted by Crippen LogP contribution is -2.07. The molecule has 0 radical (unpaired) electrons. The average molecular weight is 252 g/mol. The molecule has 0 aromatic heterocycles. The fraction of sp³-hybridized carbons (Fsp3) is 0.500. The van der Waals surface area contributed by atoms with Crippen LogP contribution in [0.2, 0.25) is 0 Å². The molecule has 0 heterocycles. The number of carboxylic acids is 1. The van der Waals surface area contributed by atoms with Crippen molar-refractivity contribution in [3.63, 3.8) is 0 Å². The Morgan fingerprint density at radius 3 is 2.50 bits per heavy atom. The number of unbranched alkanes of at least 4 members (excludes halogenated alkanes) is 2. The normalized spacial score (nSPS) is 10.2. The maximum absolute atomic E-state index is 10.3. The second kappa shape index (κ2) is 9.48. The Kier molecular flexibility index (Phi) is 7.64. The summed E-state index contributed by atoms with van der Waals surface area (Å²) in [7, 11) is 0. The van der Waals surface area contributed by atoms with Gasteiger partial charge in [-0.1, -0.05) is 24.6 Å². The van der Waals surface area contributed by atoms with Crippen LogP contribution in [0.5, 0.6) is 5.75 Å². The Labute approximate surface area is 108 Å². The summed E-state index contributed by atoms with van der Waals surface area (Å²) in [5, 5.41) is 8.45. The molecule has 1 rings (SSSR count). The van der Waals surface area contributed by atoms with E-state index in [1.165, 1.54) is 0 Å². The van der Waals surface area contributed by atoms with Gasteiger partial charge in [-0.05, 0) is 25.0 Å². The van der Waals surface area contributed by atoms with Gasteiger partial charge in [-0.25, -0.2) is 0 Å². The molecule has 4 heteroatoms. The molecule has 1 aromatic rings. The fourth-order valence-electron chi connectivity index (χ4n) is 1.49. The van der Waals surface area contributed by atoms with Crippen LogP contribution in [0.4, 0.5) is 0 Å². The molecule has 0 amide bonds. The van der Waals surface area contributed by atoms with Gasteiger partial charge in [0.25, 0.3) is 0 Å². The van der Waals surface area contributed by atoms with Gasteiger partial charge in [0, 0.05) is 13.0 Å². The van der Waals surface area contributed by atoms with Gasteiger partial charge in [0.2, 0.25) is 0 Å². The minimum Gasteiger partial charge on any atom is -0.491 e. The summed E-state index contributed by atoms with van der Waals surface area (Å²) in [5.74, 6) is 0.120. The van der Waals surface area contributed by atoms with E-state index in [-0.39, 0.29) is 6.42 Å². The zero-order valence-corrected chi connectivity index (χ0v) is 10.5. The maximum Gasteiger partial charge on any atom is 0.303 e. The van der Waals surface area contributed by atoms with Crippen LogP contribution in [-0.4, -0.2) is 30.9 Å². The smallest absolute Gasteiger partial charge is 0.303 e. The maximum atomic E-state index is 10.3. The predicted molar refractivity (Wildman–Crippen MR) is 68.9 cm³/mol. The third kappa shape index (κ3) is 7.68. The SMILES string of the molecule is O=C(O)CCCCCOCCOc1ccccc1. The highest BCUT2D eigenvalue weighted by atomic mass is 16.5. The minimum absolute atomic E-state index is 0.247. The molecular formula is C14H20O4. The average Bonchev–Trinajstić information content (AvgIpc) is 2.37. The fourth-order valence-corrected chi connectivity index (χ4v) is 1.49. The van der Waals surface area contributed by atoms with Gasteiger partial charge in [0.05, 0.1) is 6.61 Å². The summed E-state index contributed by atoms with van der Waals surface area (Å²) in [5.41, 5.74) is 0. The number of hydrogen-bond donors (Lipinski definition) is 1. The standard InChI is InChI=1S/C14H20O4/c15-14(16)9-5-2-6-10-17-11-12-18-13-7-3-1-4-8-13/h1,3-4,7-8H,2,5-6,9-12H2,(H,15,16). The van der Waals surface area contributed by atoms with Gasteiger partial charge in [0.15, 0.2) is 0 Å². The lowest BCUT2D eigenvalue weighted by atomic mass is 10.2. The first kappa shape index (κ1) is 14.5. The Morgan fingerprint density at radius 1 is 1.00 bits per heavy atom. The molecule has 1 N–H and O–H groups in total. The highest BCUT2D eigenvalue weighted by Gasteiger charge is 1.96. The van der Waals surface area contributed by atoms with E-state index in [1.807, 2.05) is 30.3 Å². The van der Waals surface area contributed by atoms with Crippen LogP contribution >= 0.6 is 0 Å². The molecule has 18 heavy (non-hydrogen) atoms. The van der Waals surface area contributed by atoms with Gasteiger partial charge in [0.1, 0.15) is 12.4 Å². The summed E-state index contributed by atoms with van der Waals surface area (Å²) in [6, 6.07) is 9.62. The second-order valence-electron chi connectivity index (χ2n) is 3.98. The van der Waals surface area contributed by atoms with Crippen LogP contribution in [0.1, 0.15) is 25.7 Å². The van der Waals surface area contributed by atoms with Gasteiger partial charge in [-0.3, -0.25) is 4.79 Å². The van der Waals surface area contributed by atoms with Gasteiger partial charge < -0.3 is 14.6 Å². The first-order chi connectivity index (χ1) is 8.79. The van der Waals surface area contributed by atoms with Crippen molar-refractivity contribution in [1.29, 1.82) is 0 Å². The van der Waals surface area contributed by atoms with Crippen molar-refractivity contribution in [3.05, 3.63) is 30.3 Å². The number of benzene rings is 1. The Balaban J connectivity index is 1.86. The van der Waals surface area contributed by atoms with Crippen molar-refractivity contribution in [2.24, 2.45) is 0 Å². The quantitative estimate of drug-likeness (QED) is 0.650. The number of carboxylic acid groups (broad SMARTS) is 1. The molecule has 100 valence electrons. The molecule has 0 aliphatic carbocycles. The summed E-state index contributed by atoms with van der Waals surface area (Å²) >= 11 is 0. The van der Waals surface area contributed by atoms with E-state index in [4.69, 9.17) is 14.6 Å². The number of carbonyl (C=O) groups is 1. The molecule has 0 saturated carbocycles. The topological polar surface area (TPSA) is 55.8 Å². The number of para-hydroxylation sites is 1. The van der Waals surface area contributed by atoms with Crippen LogP contribution in [0, 0.1) is 0 Å². The van der Waals surface area contributed by atoms with Gasteiger partial charge in [-0.15, -0.1) is 0 Å². The lowest BCUT2D eigenvalue weighted by molar-refractivity contribution is -0.137. The van der Waals surface area contributed by atoms with Crippen molar-refractivity contribution in [2.75, 3.05) is 19.8 Å². The number of hydrogen-bond acceptors (Lipinski definition) is 3. The van der Waals surface area contributed by atoms with E-state index in [1.54, 1.807) is 0 Å². The van der Waals surface area contributed by atoms with E-state index in [9.17, 15) is 4.79 Å². The monoisotopic (exact) mass is 252 g/mol. The second-order valence-corrected chi connectivity index (χ2v) is 3.98. The van der Waals surface area contributed by atoms with E-state index in [0.717, 1.165) is 25.0 Å². The van der Waals surface area contributed by atoms with E-state index >= 15 is 0 Å². The third-order valence-corrected chi connectivity index (χ3v) is 2.42. The largest absolute Gasteiger partial charge is 0.491 e. The molecule has 1 aromatic carbocycles. The molecule has 0 saturated heterocycles. The zero-order valence-electron chi connectivity index (χ0n) is 10.5. The van der Waals surface area contributed by atoms with Crippen LogP contribution in [-0.2, 0) is 9.53 Å². The van der Waals surface area contributed by atoms with Crippen molar-refractivity contribution in [3.8, 4) is 5.75 Å². The molecular weight excluding hydrogens is 232 g/mol. The summed E-state index contributed by atoms with van der Waals surface area (Å²) in [6.07, 6.45) is 2.76. The Bertz CT molecular complexity index is 324. The number of rotatable bonds is 10. The Morgan fingerprint density at radius 2 is 1.78 bits per heavy atom. The highest BCUT2D eigenvalue weighted by molar-refractivity contribution is 5.66. The Hall–Kier alpha value is -1.55. The third-order valence-electron chi connectivity index (χ3n) is 2.42. The summed E-state index contributed by atoms with van der Waals surface area (Å²) in [6.45, 7) is 1.77. The van der Waals surface area contributed by atoms with Crippen molar-refractivity contribution >= 4 is 5.97 Å². The van der Waals surface area contributed by atoms with E-state index in [2.05, 4.69) is 0 Å². The van der Waals surface area contributed by atoms with Crippen LogP contribution in [0.3, 0.4) is 0 Å². The number of aliphatic carboxylic acids is 1. The molecule has 0 aliphatic rings. The summed E-state index contributed by atoms with van der Waals surface area (Å²) < 4.78 is 10.9. The highest BCUT2D eigenvalue weighted by Crippen LogP contribution is 2.07. The van der Waals surface area contributed by atoms with E-state index < -0.39 is 5.97 Å².